The molecule has 0 fully saturated rings. The summed E-state index contributed by atoms with van der Waals surface area (Å²) in [6, 6.07) is 2.24. The normalized spacial score (nSPS) is 16.8. The van der Waals surface area contributed by atoms with E-state index in [1.807, 2.05) is 6.92 Å². The Morgan fingerprint density at radius 1 is 1.36 bits per heavy atom. The minimum Gasteiger partial charge on any atom is -0.398 e. The van der Waals surface area contributed by atoms with E-state index in [4.69, 9.17) is 11.5 Å². The molecule has 0 bridgehead atoms. The molecule has 4 N–H and O–H groups in total. The van der Waals surface area contributed by atoms with Gasteiger partial charge in [0.05, 0.1) is 0 Å². The van der Waals surface area contributed by atoms with Gasteiger partial charge in [0, 0.05) is 11.7 Å². The molecule has 0 amide bonds. The average Bonchev–Trinajstić information content (AvgIpc) is 2.58. The second kappa shape index (κ2) is 3.28. The van der Waals surface area contributed by atoms with Gasteiger partial charge in [-0.15, -0.1) is 0 Å². The van der Waals surface area contributed by atoms with E-state index in [0.717, 1.165) is 11.3 Å². The zero-order chi connectivity index (χ0) is 10.3. The maximum atomic E-state index is 6.08. The quantitative estimate of drug-likeness (QED) is 0.666. The molecule has 0 heterocycles. The summed E-state index contributed by atoms with van der Waals surface area (Å²) < 4.78 is 0. The maximum absolute atomic E-state index is 6.08. The Hall–Kier alpha value is -1.02. The lowest BCUT2D eigenvalue weighted by Crippen LogP contribution is -2.10. The Kier molecular flexibility index (Phi) is 2.23. The Balaban J connectivity index is 2.61. The van der Waals surface area contributed by atoms with E-state index < -0.39 is 0 Å². The van der Waals surface area contributed by atoms with Gasteiger partial charge in [0.2, 0.25) is 0 Å². The highest BCUT2D eigenvalue weighted by atomic mass is 14.7. The smallest absolute Gasteiger partial charge is 0.0395 e. The molecule has 0 saturated heterocycles. The minimum absolute atomic E-state index is 0.0413. The average molecular weight is 190 g/mol. The molecule has 1 aromatic rings. The van der Waals surface area contributed by atoms with E-state index in [-0.39, 0.29) is 6.04 Å². The number of nitrogens with two attached hydrogens (primary N) is 2. The third kappa shape index (κ3) is 1.30. The van der Waals surface area contributed by atoms with Crippen molar-refractivity contribution in [3.8, 4) is 0 Å². The first kappa shape index (κ1) is 9.53. The van der Waals surface area contributed by atoms with Crippen molar-refractivity contribution >= 4 is 5.69 Å². The van der Waals surface area contributed by atoms with Gasteiger partial charge in [0.25, 0.3) is 0 Å². The number of nitrogen functional groups attached to an aromatic ring is 1. The largest absolute Gasteiger partial charge is 0.398 e. The van der Waals surface area contributed by atoms with E-state index in [9.17, 15) is 0 Å². The second-order valence-electron chi connectivity index (χ2n) is 4.28. The minimum atomic E-state index is 0.0413. The van der Waals surface area contributed by atoms with Crippen molar-refractivity contribution in [2.75, 3.05) is 5.73 Å². The standard InChI is InChI=1S/C12H18N2/c1-7-10-5-3-4-9(10)6-11(8(2)13)12(7)14/h6,8H,3-5,13-14H2,1-2H3. The van der Waals surface area contributed by atoms with Crippen LogP contribution in [0.2, 0.25) is 0 Å². The lowest BCUT2D eigenvalue weighted by atomic mass is 9.95. The predicted octanol–water partition coefficient (Wildman–Crippen LogP) is 2.09. The molecule has 76 valence electrons. The topological polar surface area (TPSA) is 52.0 Å². The zero-order valence-electron chi connectivity index (χ0n) is 8.93. The molecule has 14 heavy (non-hydrogen) atoms. The van der Waals surface area contributed by atoms with Gasteiger partial charge in [-0.3, -0.25) is 0 Å². The van der Waals surface area contributed by atoms with Crippen molar-refractivity contribution in [1.82, 2.24) is 0 Å². The molecule has 0 spiro atoms. The highest BCUT2D eigenvalue weighted by molar-refractivity contribution is 5.61. The number of rotatable bonds is 1. The molecule has 1 unspecified atom stereocenters. The summed E-state index contributed by atoms with van der Waals surface area (Å²) in [6.45, 7) is 4.11. The Bertz CT molecular complexity index is 367. The number of hydrogen-bond acceptors (Lipinski definition) is 2. The summed E-state index contributed by atoms with van der Waals surface area (Å²) in [7, 11) is 0. The zero-order valence-corrected chi connectivity index (χ0v) is 8.93. The van der Waals surface area contributed by atoms with Gasteiger partial charge in [-0.25, -0.2) is 0 Å². The van der Waals surface area contributed by atoms with E-state index in [1.165, 1.54) is 36.0 Å². The third-order valence-corrected chi connectivity index (χ3v) is 3.25. The maximum Gasteiger partial charge on any atom is 0.0395 e. The first-order valence-corrected chi connectivity index (χ1v) is 5.27. The molecule has 1 aromatic carbocycles. The van der Waals surface area contributed by atoms with Gasteiger partial charge in [0.1, 0.15) is 0 Å². The van der Waals surface area contributed by atoms with Crippen LogP contribution in [0.15, 0.2) is 6.07 Å². The van der Waals surface area contributed by atoms with Crippen LogP contribution in [-0.2, 0) is 12.8 Å². The summed E-state index contributed by atoms with van der Waals surface area (Å²) in [5.74, 6) is 0. The van der Waals surface area contributed by atoms with Gasteiger partial charge >= 0.3 is 0 Å². The van der Waals surface area contributed by atoms with E-state index in [0.29, 0.717) is 0 Å². The highest BCUT2D eigenvalue weighted by Crippen LogP contribution is 2.33. The molecule has 2 rings (SSSR count). The molecule has 2 nitrogen and oxygen atoms in total. The predicted molar refractivity (Wildman–Crippen MR) is 60.2 cm³/mol. The molecule has 0 aromatic heterocycles. The van der Waals surface area contributed by atoms with E-state index >= 15 is 0 Å². The molecular weight excluding hydrogens is 172 g/mol. The number of benzene rings is 1. The lowest BCUT2D eigenvalue weighted by molar-refractivity contribution is 0.817. The van der Waals surface area contributed by atoms with Crippen LogP contribution in [-0.4, -0.2) is 0 Å². The highest BCUT2D eigenvalue weighted by Gasteiger charge is 2.18. The molecule has 1 aliphatic rings. The number of fused-ring (bicyclic) bond motifs is 1. The van der Waals surface area contributed by atoms with Gasteiger partial charge in [0.15, 0.2) is 0 Å². The molecule has 1 aliphatic carbocycles. The molecule has 2 heteroatoms. The number of hydrogen-bond donors (Lipinski definition) is 2. The molecule has 0 saturated carbocycles. The van der Waals surface area contributed by atoms with Crippen molar-refractivity contribution in [2.45, 2.75) is 39.2 Å². The van der Waals surface area contributed by atoms with Crippen molar-refractivity contribution in [3.05, 3.63) is 28.3 Å². The lowest BCUT2D eigenvalue weighted by Gasteiger charge is -2.15. The fourth-order valence-electron chi connectivity index (χ4n) is 2.38. The van der Waals surface area contributed by atoms with Crippen LogP contribution in [0.4, 0.5) is 5.69 Å². The van der Waals surface area contributed by atoms with Crippen LogP contribution < -0.4 is 11.5 Å². The van der Waals surface area contributed by atoms with Crippen molar-refractivity contribution < 1.29 is 0 Å². The van der Waals surface area contributed by atoms with Crippen LogP contribution >= 0.6 is 0 Å². The number of aryl methyl sites for hydroxylation is 1. The summed E-state index contributed by atoms with van der Waals surface area (Å²) in [5.41, 5.74) is 18.2. The van der Waals surface area contributed by atoms with Crippen molar-refractivity contribution in [2.24, 2.45) is 5.73 Å². The molecular formula is C12H18N2. The first-order valence-electron chi connectivity index (χ1n) is 5.27. The third-order valence-electron chi connectivity index (χ3n) is 3.25. The Morgan fingerprint density at radius 3 is 2.71 bits per heavy atom. The SMILES string of the molecule is Cc1c(N)c(C(C)N)cc2c1CCC2. The Morgan fingerprint density at radius 2 is 2.07 bits per heavy atom. The second-order valence-corrected chi connectivity index (χ2v) is 4.28. The summed E-state index contributed by atoms with van der Waals surface area (Å²) in [6.07, 6.45) is 3.64. The Labute approximate surface area is 85.3 Å². The summed E-state index contributed by atoms with van der Waals surface area (Å²) in [5, 5.41) is 0. The van der Waals surface area contributed by atoms with Crippen LogP contribution in [0.5, 0.6) is 0 Å². The first-order chi connectivity index (χ1) is 6.61. The molecule has 0 aliphatic heterocycles. The summed E-state index contributed by atoms with van der Waals surface area (Å²) >= 11 is 0. The van der Waals surface area contributed by atoms with Crippen molar-refractivity contribution in [3.63, 3.8) is 0 Å². The van der Waals surface area contributed by atoms with Crippen LogP contribution in [0, 0.1) is 6.92 Å². The fraction of sp³-hybridized carbons (Fsp3) is 0.500. The fourth-order valence-corrected chi connectivity index (χ4v) is 2.38. The van der Waals surface area contributed by atoms with Gasteiger partial charge in [-0.2, -0.15) is 0 Å². The monoisotopic (exact) mass is 190 g/mol. The van der Waals surface area contributed by atoms with Gasteiger partial charge in [-0.05, 0) is 55.4 Å². The van der Waals surface area contributed by atoms with E-state index in [2.05, 4.69) is 13.0 Å². The van der Waals surface area contributed by atoms with Crippen LogP contribution in [0.1, 0.15) is 41.6 Å². The van der Waals surface area contributed by atoms with Crippen LogP contribution in [0.3, 0.4) is 0 Å². The molecule has 0 radical (unpaired) electrons. The van der Waals surface area contributed by atoms with E-state index in [1.54, 1.807) is 0 Å². The van der Waals surface area contributed by atoms with Crippen LogP contribution in [0.25, 0.3) is 0 Å². The van der Waals surface area contributed by atoms with Gasteiger partial charge < -0.3 is 11.5 Å². The summed E-state index contributed by atoms with van der Waals surface area (Å²) in [4.78, 5) is 0. The van der Waals surface area contributed by atoms with Gasteiger partial charge in [-0.1, -0.05) is 6.07 Å². The number of anilines is 1. The molecule has 1 atom stereocenters. The van der Waals surface area contributed by atoms with Crippen molar-refractivity contribution in [1.29, 1.82) is 0 Å².